The van der Waals surface area contributed by atoms with Gasteiger partial charge in [-0.15, -0.1) is 0 Å². The SMILES string of the molecule is Cc1cnn2c(-c3ccc(F)cc3)cc(N)nc12. The van der Waals surface area contributed by atoms with Gasteiger partial charge in [-0.25, -0.2) is 13.9 Å². The predicted octanol–water partition coefficient (Wildman–Crippen LogP) is 2.43. The molecule has 0 saturated heterocycles. The number of halogens is 1. The highest BCUT2D eigenvalue weighted by Crippen LogP contribution is 2.23. The summed E-state index contributed by atoms with van der Waals surface area (Å²) in [6, 6.07) is 7.94. The van der Waals surface area contributed by atoms with Gasteiger partial charge in [0.2, 0.25) is 0 Å². The third kappa shape index (κ3) is 1.60. The molecule has 0 atom stereocenters. The van der Waals surface area contributed by atoms with Crippen LogP contribution in [-0.4, -0.2) is 14.6 Å². The van der Waals surface area contributed by atoms with E-state index in [2.05, 4.69) is 10.1 Å². The maximum absolute atomic E-state index is 12.9. The fraction of sp³-hybridized carbons (Fsp3) is 0.0769. The van der Waals surface area contributed by atoms with Crippen molar-refractivity contribution in [3.63, 3.8) is 0 Å². The number of nitrogen functional groups attached to an aromatic ring is 1. The van der Waals surface area contributed by atoms with Gasteiger partial charge in [-0.3, -0.25) is 0 Å². The van der Waals surface area contributed by atoms with Crippen molar-refractivity contribution in [3.05, 3.63) is 47.9 Å². The average Bonchev–Trinajstić information content (AvgIpc) is 2.71. The molecule has 3 aromatic rings. The number of anilines is 1. The largest absolute Gasteiger partial charge is 0.384 e. The van der Waals surface area contributed by atoms with Crippen molar-refractivity contribution < 1.29 is 4.39 Å². The molecule has 0 bridgehead atoms. The van der Waals surface area contributed by atoms with Crippen molar-refractivity contribution in [2.45, 2.75) is 6.92 Å². The lowest BCUT2D eigenvalue weighted by Crippen LogP contribution is -2.00. The van der Waals surface area contributed by atoms with Gasteiger partial charge in [0.05, 0.1) is 11.9 Å². The molecule has 2 heterocycles. The van der Waals surface area contributed by atoms with Crippen molar-refractivity contribution in [2.75, 3.05) is 5.73 Å². The van der Waals surface area contributed by atoms with Crippen LogP contribution in [-0.2, 0) is 0 Å². The smallest absolute Gasteiger partial charge is 0.160 e. The van der Waals surface area contributed by atoms with E-state index in [9.17, 15) is 4.39 Å². The van der Waals surface area contributed by atoms with Gasteiger partial charge in [0.25, 0.3) is 0 Å². The third-order valence-corrected chi connectivity index (χ3v) is 2.81. The van der Waals surface area contributed by atoms with Crippen LogP contribution in [0.5, 0.6) is 0 Å². The van der Waals surface area contributed by atoms with Crippen LogP contribution in [0, 0.1) is 12.7 Å². The van der Waals surface area contributed by atoms with Gasteiger partial charge in [0.1, 0.15) is 11.6 Å². The minimum Gasteiger partial charge on any atom is -0.384 e. The van der Waals surface area contributed by atoms with E-state index in [-0.39, 0.29) is 5.82 Å². The molecule has 18 heavy (non-hydrogen) atoms. The number of aryl methyl sites for hydroxylation is 1. The summed E-state index contributed by atoms with van der Waals surface area (Å²) in [5.41, 5.74) is 9.10. The quantitative estimate of drug-likeness (QED) is 0.713. The van der Waals surface area contributed by atoms with Gasteiger partial charge < -0.3 is 5.73 Å². The molecule has 2 N–H and O–H groups in total. The maximum Gasteiger partial charge on any atom is 0.160 e. The molecule has 0 aliphatic heterocycles. The first-order valence-electron chi connectivity index (χ1n) is 5.52. The molecule has 0 unspecified atom stereocenters. The minimum atomic E-state index is -0.270. The van der Waals surface area contributed by atoms with Crippen LogP contribution >= 0.6 is 0 Å². The minimum absolute atomic E-state index is 0.270. The molecule has 0 saturated carbocycles. The van der Waals surface area contributed by atoms with Crippen LogP contribution in [0.1, 0.15) is 5.56 Å². The van der Waals surface area contributed by atoms with E-state index in [1.807, 2.05) is 6.92 Å². The van der Waals surface area contributed by atoms with Gasteiger partial charge in [-0.2, -0.15) is 5.10 Å². The zero-order valence-electron chi connectivity index (χ0n) is 9.76. The maximum atomic E-state index is 12.9. The van der Waals surface area contributed by atoms with Crippen LogP contribution < -0.4 is 5.73 Å². The number of fused-ring (bicyclic) bond motifs is 1. The highest BCUT2D eigenvalue weighted by molar-refractivity contribution is 5.67. The van der Waals surface area contributed by atoms with Crippen molar-refractivity contribution in [1.29, 1.82) is 0 Å². The molecule has 0 amide bonds. The Hall–Kier alpha value is -2.43. The van der Waals surface area contributed by atoms with E-state index in [4.69, 9.17) is 5.73 Å². The normalized spacial score (nSPS) is 11.0. The lowest BCUT2D eigenvalue weighted by atomic mass is 10.1. The van der Waals surface area contributed by atoms with E-state index < -0.39 is 0 Å². The molecule has 5 heteroatoms. The number of nitrogens with two attached hydrogens (primary N) is 1. The van der Waals surface area contributed by atoms with E-state index >= 15 is 0 Å². The standard InChI is InChI=1S/C13H11FN4/c1-8-7-16-18-11(6-12(15)17-13(8)18)9-2-4-10(14)5-3-9/h2-7H,1H3,(H2,15,17). The Labute approximate surface area is 103 Å². The molecule has 0 radical (unpaired) electrons. The first kappa shape index (κ1) is 10.7. The Morgan fingerprint density at radius 3 is 2.67 bits per heavy atom. The second-order valence-corrected chi connectivity index (χ2v) is 4.14. The Kier molecular flexibility index (Phi) is 2.26. The summed E-state index contributed by atoms with van der Waals surface area (Å²) < 4.78 is 14.6. The Balaban J connectivity index is 2.31. The van der Waals surface area contributed by atoms with Crippen molar-refractivity contribution in [1.82, 2.24) is 14.6 Å². The molecule has 0 fully saturated rings. The fourth-order valence-corrected chi connectivity index (χ4v) is 1.92. The summed E-state index contributed by atoms with van der Waals surface area (Å²) in [6.45, 7) is 1.92. The summed E-state index contributed by atoms with van der Waals surface area (Å²) in [4.78, 5) is 4.24. The summed E-state index contributed by atoms with van der Waals surface area (Å²) in [7, 11) is 0. The number of aromatic nitrogens is 3. The summed E-state index contributed by atoms with van der Waals surface area (Å²) in [5, 5.41) is 4.26. The van der Waals surface area contributed by atoms with Crippen LogP contribution in [0.4, 0.5) is 10.2 Å². The van der Waals surface area contributed by atoms with Crippen molar-refractivity contribution >= 4 is 11.5 Å². The Morgan fingerprint density at radius 1 is 1.22 bits per heavy atom. The number of hydrogen-bond donors (Lipinski definition) is 1. The fourth-order valence-electron chi connectivity index (χ4n) is 1.92. The second-order valence-electron chi connectivity index (χ2n) is 4.14. The molecular formula is C13H11FN4. The average molecular weight is 242 g/mol. The molecule has 0 aliphatic rings. The van der Waals surface area contributed by atoms with Crippen LogP contribution in [0.15, 0.2) is 36.5 Å². The van der Waals surface area contributed by atoms with Crippen LogP contribution in [0.2, 0.25) is 0 Å². The topological polar surface area (TPSA) is 56.2 Å². The molecular weight excluding hydrogens is 231 g/mol. The number of hydrogen-bond acceptors (Lipinski definition) is 3. The highest BCUT2D eigenvalue weighted by Gasteiger charge is 2.09. The molecule has 0 aliphatic carbocycles. The lowest BCUT2D eigenvalue weighted by Gasteiger charge is -2.06. The molecule has 90 valence electrons. The molecule has 4 nitrogen and oxygen atoms in total. The highest BCUT2D eigenvalue weighted by atomic mass is 19.1. The summed E-state index contributed by atoms with van der Waals surface area (Å²) in [5.74, 6) is 0.152. The Bertz CT molecular complexity index is 716. The van der Waals surface area contributed by atoms with Gasteiger partial charge in [0, 0.05) is 17.2 Å². The predicted molar refractivity (Wildman–Crippen MR) is 67.5 cm³/mol. The molecule has 3 rings (SSSR count). The number of benzene rings is 1. The van der Waals surface area contributed by atoms with E-state index in [1.165, 1.54) is 12.1 Å². The van der Waals surface area contributed by atoms with Gasteiger partial charge >= 0.3 is 0 Å². The van der Waals surface area contributed by atoms with E-state index in [0.29, 0.717) is 11.5 Å². The van der Waals surface area contributed by atoms with Crippen LogP contribution in [0.3, 0.4) is 0 Å². The van der Waals surface area contributed by atoms with Gasteiger partial charge in [0.15, 0.2) is 5.65 Å². The van der Waals surface area contributed by atoms with Crippen molar-refractivity contribution in [2.24, 2.45) is 0 Å². The first-order chi connectivity index (χ1) is 8.65. The first-order valence-corrected chi connectivity index (χ1v) is 5.52. The molecule has 1 aromatic carbocycles. The van der Waals surface area contributed by atoms with Gasteiger partial charge in [-0.05, 0) is 31.2 Å². The monoisotopic (exact) mass is 242 g/mol. The lowest BCUT2D eigenvalue weighted by molar-refractivity contribution is 0.628. The molecule has 2 aromatic heterocycles. The van der Waals surface area contributed by atoms with Crippen LogP contribution in [0.25, 0.3) is 16.9 Å². The third-order valence-electron chi connectivity index (χ3n) is 2.81. The zero-order chi connectivity index (χ0) is 12.7. The number of rotatable bonds is 1. The second kappa shape index (κ2) is 3.80. The van der Waals surface area contributed by atoms with Gasteiger partial charge in [-0.1, -0.05) is 0 Å². The molecule has 0 spiro atoms. The van der Waals surface area contributed by atoms with E-state index in [0.717, 1.165) is 16.8 Å². The number of nitrogens with zero attached hydrogens (tertiary/aromatic N) is 3. The Morgan fingerprint density at radius 2 is 1.94 bits per heavy atom. The van der Waals surface area contributed by atoms with E-state index in [1.54, 1.807) is 28.9 Å². The summed E-state index contributed by atoms with van der Waals surface area (Å²) in [6.07, 6.45) is 1.73. The zero-order valence-corrected chi connectivity index (χ0v) is 9.76. The summed E-state index contributed by atoms with van der Waals surface area (Å²) >= 11 is 0. The van der Waals surface area contributed by atoms with Crippen molar-refractivity contribution in [3.8, 4) is 11.3 Å².